The lowest BCUT2D eigenvalue weighted by atomic mass is 10.1. The summed E-state index contributed by atoms with van der Waals surface area (Å²) in [6, 6.07) is 5.75. The van der Waals surface area contributed by atoms with Crippen molar-refractivity contribution < 1.29 is 15.0 Å². The van der Waals surface area contributed by atoms with Crippen LogP contribution in [0.3, 0.4) is 0 Å². The largest absolute Gasteiger partial charge is 0.494 e. The van der Waals surface area contributed by atoms with Gasteiger partial charge >= 0.3 is 11.7 Å². The third kappa shape index (κ3) is 3.74. The summed E-state index contributed by atoms with van der Waals surface area (Å²) in [6.45, 7) is 5.27. The van der Waals surface area contributed by atoms with Crippen LogP contribution < -0.4 is 11.2 Å². The van der Waals surface area contributed by atoms with Crippen LogP contribution in [0.15, 0.2) is 51.5 Å². The molecule has 0 spiro atoms. The van der Waals surface area contributed by atoms with Crippen molar-refractivity contribution in [3.63, 3.8) is 0 Å². The summed E-state index contributed by atoms with van der Waals surface area (Å²) in [5.74, 6) is -1.55. The van der Waals surface area contributed by atoms with Crippen LogP contribution in [0.2, 0.25) is 0 Å². The van der Waals surface area contributed by atoms with Gasteiger partial charge < -0.3 is 10.2 Å². The molecule has 25 heavy (non-hydrogen) atoms. The molecule has 3 N–H and O–H groups in total. The number of aromatic amines is 1. The fourth-order valence-electron chi connectivity index (χ4n) is 2.26. The summed E-state index contributed by atoms with van der Waals surface area (Å²) in [6.07, 6.45) is 1.72. The number of aromatic carboxylic acids is 1. The van der Waals surface area contributed by atoms with Crippen molar-refractivity contribution in [2.75, 3.05) is 0 Å². The van der Waals surface area contributed by atoms with Crippen LogP contribution in [0.5, 0.6) is 5.88 Å². The first kappa shape index (κ1) is 17.9. The molecule has 0 aliphatic carbocycles. The summed E-state index contributed by atoms with van der Waals surface area (Å²) >= 11 is 0. The van der Waals surface area contributed by atoms with Crippen molar-refractivity contribution in [1.82, 2.24) is 9.55 Å². The Kier molecular flexibility index (Phi) is 5.33. The van der Waals surface area contributed by atoms with E-state index in [0.29, 0.717) is 12.1 Å². The van der Waals surface area contributed by atoms with Crippen molar-refractivity contribution in [3.05, 3.63) is 68.9 Å². The van der Waals surface area contributed by atoms with Gasteiger partial charge in [-0.25, -0.2) is 9.59 Å². The maximum atomic E-state index is 12.1. The van der Waals surface area contributed by atoms with Gasteiger partial charge in [0.2, 0.25) is 5.88 Å². The summed E-state index contributed by atoms with van der Waals surface area (Å²) in [5.41, 5.74) is -0.803. The van der Waals surface area contributed by atoms with Crippen LogP contribution in [0.25, 0.3) is 0 Å². The van der Waals surface area contributed by atoms with E-state index in [9.17, 15) is 19.5 Å². The Labute approximate surface area is 142 Å². The molecule has 2 aromatic rings. The molecule has 0 aliphatic heterocycles. The van der Waals surface area contributed by atoms with E-state index in [2.05, 4.69) is 16.6 Å². The zero-order valence-corrected chi connectivity index (χ0v) is 13.5. The highest BCUT2D eigenvalue weighted by molar-refractivity contribution is 6.03. The van der Waals surface area contributed by atoms with Gasteiger partial charge in [0.05, 0.1) is 17.0 Å². The number of H-pyrrole nitrogens is 1. The minimum Gasteiger partial charge on any atom is -0.494 e. The Hall–Kier alpha value is -3.42. The minimum absolute atomic E-state index is 0.0265. The first-order valence-corrected chi connectivity index (χ1v) is 7.47. The number of carboxylic acids is 1. The van der Waals surface area contributed by atoms with Gasteiger partial charge in [0.25, 0.3) is 5.56 Å². The molecule has 1 heterocycles. The molecule has 0 saturated heterocycles. The van der Waals surface area contributed by atoms with Crippen molar-refractivity contribution in [2.45, 2.75) is 19.9 Å². The van der Waals surface area contributed by atoms with Crippen molar-refractivity contribution >= 4 is 17.4 Å². The Bertz CT molecular complexity index is 952. The zero-order valence-electron chi connectivity index (χ0n) is 13.5. The molecule has 0 radical (unpaired) electrons. The van der Waals surface area contributed by atoms with E-state index in [0.717, 1.165) is 4.57 Å². The van der Waals surface area contributed by atoms with Gasteiger partial charge in [-0.3, -0.25) is 19.3 Å². The molecule has 0 fully saturated rings. The van der Waals surface area contributed by atoms with Crippen LogP contribution in [0.4, 0.5) is 5.69 Å². The number of carbonyl (C=O) groups is 1. The summed E-state index contributed by atoms with van der Waals surface area (Å²) < 4.78 is 0.975. The van der Waals surface area contributed by atoms with Crippen molar-refractivity contribution in [2.24, 2.45) is 4.99 Å². The molecule has 8 heteroatoms. The molecule has 8 nitrogen and oxygen atoms in total. The lowest BCUT2D eigenvalue weighted by molar-refractivity contribution is 0.0697. The van der Waals surface area contributed by atoms with Gasteiger partial charge in [-0.2, -0.15) is 0 Å². The van der Waals surface area contributed by atoms with Crippen LogP contribution in [-0.4, -0.2) is 31.4 Å². The Balaban J connectivity index is 2.59. The number of carboxylic acid groups (broad SMARTS) is 1. The summed E-state index contributed by atoms with van der Waals surface area (Å²) in [5, 5.41) is 19.2. The highest BCUT2D eigenvalue weighted by atomic mass is 16.4. The molecule has 1 aromatic carbocycles. The number of allylic oxidation sites excluding steroid dienone is 1. The highest BCUT2D eigenvalue weighted by Gasteiger charge is 2.18. The van der Waals surface area contributed by atoms with E-state index in [1.807, 2.05) is 0 Å². The normalized spacial score (nSPS) is 11.3. The number of rotatable bonds is 6. The topological polar surface area (TPSA) is 125 Å². The fraction of sp³-hybridized carbons (Fsp3) is 0.176. The number of hydrogen-bond donors (Lipinski definition) is 3. The Morgan fingerprint density at radius 1 is 1.32 bits per heavy atom. The standard InChI is InChI=1S/C17H17N3O5/c1-3-9-20-15(22)13(14(21)19-17(20)25)12(4-2)18-11-7-5-10(6-8-11)16(23)24/h3,5-8,22H,1,4,9H2,2H3,(H,23,24)(H,19,21,25). The number of benzene rings is 1. The van der Waals surface area contributed by atoms with E-state index in [1.165, 1.54) is 30.3 Å². The quantitative estimate of drug-likeness (QED) is 0.543. The maximum Gasteiger partial charge on any atom is 0.335 e. The third-order valence-electron chi connectivity index (χ3n) is 3.49. The number of aromatic hydroxyl groups is 1. The van der Waals surface area contributed by atoms with E-state index in [1.54, 1.807) is 6.92 Å². The third-order valence-corrected chi connectivity index (χ3v) is 3.49. The summed E-state index contributed by atoms with van der Waals surface area (Å²) in [4.78, 5) is 41.2. The number of nitrogens with zero attached hydrogens (tertiary/aromatic N) is 2. The van der Waals surface area contributed by atoms with Gasteiger partial charge in [0, 0.05) is 6.54 Å². The first-order chi connectivity index (χ1) is 11.9. The second-order valence-electron chi connectivity index (χ2n) is 5.12. The van der Waals surface area contributed by atoms with Crippen LogP contribution in [0, 0.1) is 0 Å². The van der Waals surface area contributed by atoms with Crippen molar-refractivity contribution in [1.29, 1.82) is 0 Å². The first-order valence-electron chi connectivity index (χ1n) is 7.47. The predicted molar refractivity (Wildman–Crippen MR) is 93.1 cm³/mol. The number of aliphatic imine (C=N–C) groups is 1. The van der Waals surface area contributed by atoms with Crippen LogP contribution in [0.1, 0.15) is 29.3 Å². The molecule has 0 atom stereocenters. The average molecular weight is 343 g/mol. The lowest BCUT2D eigenvalue weighted by Gasteiger charge is -2.11. The molecule has 2 rings (SSSR count). The van der Waals surface area contributed by atoms with E-state index >= 15 is 0 Å². The number of nitrogens with one attached hydrogen (secondary N) is 1. The number of hydrogen-bond acceptors (Lipinski definition) is 5. The molecule has 130 valence electrons. The molecular weight excluding hydrogens is 326 g/mol. The van der Waals surface area contributed by atoms with E-state index in [4.69, 9.17) is 5.11 Å². The fourth-order valence-corrected chi connectivity index (χ4v) is 2.26. The molecule has 0 unspecified atom stereocenters. The zero-order chi connectivity index (χ0) is 18.6. The van der Waals surface area contributed by atoms with Crippen molar-refractivity contribution in [3.8, 4) is 5.88 Å². The van der Waals surface area contributed by atoms with E-state index in [-0.39, 0.29) is 23.4 Å². The second kappa shape index (κ2) is 7.43. The average Bonchev–Trinajstić information content (AvgIpc) is 2.57. The lowest BCUT2D eigenvalue weighted by Crippen LogP contribution is -2.33. The Morgan fingerprint density at radius 2 is 1.96 bits per heavy atom. The summed E-state index contributed by atoms with van der Waals surface area (Å²) in [7, 11) is 0. The van der Waals surface area contributed by atoms with Gasteiger partial charge in [-0.05, 0) is 30.7 Å². The molecule has 0 bridgehead atoms. The maximum absolute atomic E-state index is 12.1. The molecular formula is C17H17N3O5. The highest BCUT2D eigenvalue weighted by Crippen LogP contribution is 2.19. The minimum atomic E-state index is -1.06. The van der Waals surface area contributed by atoms with Crippen LogP contribution in [-0.2, 0) is 6.54 Å². The van der Waals surface area contributed by atoms with E-state index < -0.39 is 23.1 Å². The molecule has 0 amide bonds. The van der Waals surface area contributed by atoms with Gasteiger partial charge in [-0.15, -0.1) is 6.58 Å². The number of aromatic nitrogens is 2. The molecule has 0 saturated carbocycles. The predicted octanol–water partition coefficient (Wildman–Crippen LogP) is 1.66. The van der Waals surface area contributed by atoms with Crippen LogP contribution >= 0.6 is 0 Å². The molecule has 1 aromatic heterocycles. The van der Waals surface area contributed by atoms with Gasteiger partial charge in [0.15, 0.2) is 0 Å². The monoisotopic (exact) mass is 343 g/mol. The molecule has 0 aliphatic rings. The van der Waals surface area contributed by atoms with Gasteiger partial charge in [-0.1, -0.05) is 13.0 Å². The second-order valence-corrected chi connectivity index (χ2v) is 5.12. The SMILES string of the molecule is C=CCn1c(O)c(C(CC)=Nc2ccc(C(=O)O)cc2)c(=O)[nH]c1=O. The van der Waals surface area contributed by atoms with Gasteiger partial charge in [0.1, 0.15) is 5.56 Å². The Morgan fingerprint density at radius 3 is 2.48 bits per heavy atom. The smallest absolute Gasteiger partial charge is 0.335 e.